The summed E-state index contributed by atoms with van der Waals surface area (Å²) in [6.45, 7) is 2.26. The van der Waals surface area contributed by atoms with Gasteiger partial charge in [-0.05, 0) is 12.8 Å². The molecule has 0 bridgehead atoms. The number of hydrogen-bond acceptors (Lipinski definition) is 2. The molecule has 0 rings (SSSR count). The molecule has 0 heterocycles. The number of unbranched alkanes of at least 4 members (excludes halogenated alkanes) is 12. The van der Waals surface area contributed by atoms with E-state index >= 15 is 0 Å². The molecule has 2 nitrogen and oxygen atoms in total. The highest BCUT2D eigenvalue weighted by atomic mass is 79.9. The lowest BCUT2D eigenvalue weighted by Gasteiger charge is -2.02. The number of allylic oxidation sites excluding steroid dienone is 1. The van der Waals surface area contributed by atoms with Crippen LogP contribution in [0.15, 0.2) is 11.5 Å². The van der Waals surface area contributed by atoms with Crippen LogP contribution in [-0.2, 0) is 9.84 Å². The van der Waals surface area contributed by atoms with Crippen LogP contribution in [0, 0.1) is 0 Å². The first kappa shape index (κ1) is 21.2. The Morgan fingerprint density at radius 2 is 1.19 bits per heavy atom. The average Bonchev–Trinajstić information content (AvgIpc) is 2.47. The highest BCUT2D eigenvalue weighted by Crippen LogP contribution is 2.12. The third-order valence-electron chi connectivity index (χ3n) is 3.68. The predicted molar refractivity (Wildman–Crippen MR) is 97.5 cm³/mol. The van der Waals surface area contributed by atoms with Crippen molar-refractivity contribution in [1.82, 2.24) is 0 Å². The van der Waals surface area contributed by atoms with Crippen LogP contribution >= 0.6 is 15.9 Å². The molecular weight excluding hydrogens is 348 g/mol. The molecule has 0 radical (unpaired) electrons. The van der Waals surface area contributed by atoms with Crippen molar-refractivity contribution in [2.45, 2.75) is 90.4 Å². The van der Waals surface area contributed by atoms with E-state index in [0.29, 0.717) is 0 Å². The van der Waals surface area contributed by atoms with Crippen molar-refractivity contribution >= 4 is 25.8 Å². The quantitative estimate of drug-likeness (QED) is 0.244. The van der Waals surface area contributed by atoms with Gasteiger partial charge in [0, 0.05) is 5.41 Å². The summed E-state index contributed by atoms with van der Waals surface area (Å²) in [6, 6.07) is 0. The highest BCUT2D eigenvalue weighted by molar-refractivity contribution is 9.10. The number of halogens is 1. The maximum Gasteiger partial charge on any atom is 0.181 e. The third-order valence-corrected chi connectivity index (χ3v) is 6.51. The van der Waals surface area contributed by atoms with Gasteiger partial charge in [0.2, 0.25) is 0 Å². The molecule has 4 heteroatoms. The third kappa shape index (κ3) is 16.4. The van der Waals surface area contributed by atoms with Gasteiger partial charge in [-0.3, -0.25) is 0 Å². The van der Waals surface area contributed by atoms with Crippen LogP contribution < -0.4 is 0 Å². The summed E-state index contributed by atoms with van der Waals surface area (Å²) in [4.78, 5) is 0. The van der Waals surface area contributed by atoms with Crippen molar-refractivity contribution in [3.63, 3.8) is 0 Å². The SMILES string of the molecule is CCCCCCCCCCCCCC/C=C/S(=O)(=O)CBr. The summed E-state index contributed by atoms with van der Waals surface area (Å²) < 4.78 is 22.4. The van der Waals surface area contributed by atoms with Gasteiger partial charge in [-0.15, -0.1) is 0 Å². The fourth-order valence-corrected chi connectivity index (χ4v) is 3.31. The Labute approximate surface area is 140 Å². The van der Waals surface area contributed by atoms with E-state index in [4.69, 9.17) is 0 Å². The number of sulfone groups is 1. The summed E-state index contributed by atoms with van der Waals surface area (Å²) in [5, 5.41) is 1.33. The van der Waals surface area contributed by atoms with E-state index in [9.17, 15) is 8.42 Å². The summed E-state index contributed by atoms with van der Waals surface area (Å²) >= 11 is 2.97. The largest absolute Gasteiger partial charge is 0.223 e. The van der Waals surface area contributed by atoms with Crippen molar-refractivity contribution in [2.24, 2.45) is 0 Å². The van der Waals surface area contributed by atoms with Crippen LogP contribution in [-0.4, -0.2) is 13.1 Å². The van der Waals surface area contributed by atoms with Crippen molar-refractivity contribution in [1.29, 1.82) is 0 Å². The van der Waals surface area contributed by atoms with Crippen LogP contribution in [0.2, 0.25) is 0 Å². The monoisotopic (exact) mass is 380 g/mol. The van der Waals surface area contributed by atoms with Crippen molar-refractivity contribution in [3.05, 3.63) is 11.5 Å². The molecule has 0 aromatic heterocycles. The summed E-state index contributed by atoms with van der Waals surface area (Å²) in [6.07, 6.45) is 18.7. The topological polar surface area (TPSA) is 34.1 Å². The Morgan fingerprint density at radius 1 is 0.762 bits per heavy atom. The predicted octanol–water partition coefficient (Wildman–Crippen LogP) is 6.36. The second-order valence-corrected chi connectivity index (χ2v) is 9.01. The van der Waals surface area contributed by atoms with Gasteiger partial charge in [-0.25, -0.2) is 8.42 Å². The van der Waals surface area contributed by atoms with E-state index in [1.54, 1.807) is 6.08 Å². The molecule has 0 saturated carbocycles. The van der Waals surface area contributed by atoms with E-state index in [0.717, 1.165) is 12.8 Å². The second kappa shape index (κ2) is 15.1. The lowest BCUT2D eigenvalue weighted by atomic mass is 10.0. The van der Waals surface area contributed by atoms with Crippen LogP contribution in [0.4, 0.5) is 0 Å². The van der Waals surface area contributed by atoms with Gasteiger partial charge in [-0.2, -0.15) is 0 Å². The first-order valence-corrected chi connectivity index (χ1v) is 11.4. The van der Waals surface area contributed by atoms with Crippen LogP contribution in [0.25, 0.3) is 0 Å². The molecule has 0 fully saturated rings. The summed E-state index contributed by atoms with van der Waals surface area (Å²) in [5.41, 5.74) is 0. The minimum absolute atomic E-state index is 0.0228. The van der Waals surface area contributed by atoms with Crippen molar-refractivity contribution < 1.29 is 8.42 Å². The van der Waals surface area contributed by atoms with Gasteiger partial charge in [0.1, 0.15) is 4.66 Å². The van der Waals surface area contributed by atoms with Gasteiger partial charge < -0.3 is 0 Å². The van der Waals surface area contributed by atoms with E-state index in [-0.39, 0.29) is 4.66 Å². The molecule has 0 aliphatic carbocycles. The maximum atomic E-state index is 11.2. The number of alkyl halides is 1. The Balaban J connectivity index is 3.19. The molecule has 21 heavy (non-hydrogen) atoms. The highest BCUT2D eigenvalue weighted by Gasteiger charge is 2.00. The molecule has 0 unspecified atom stereocenters. The fourth-order valence-electron chi connectivity index (χ4n) is 2.35. The Bertz CT molecular complexity index is 337. The van der Waals surface area contributed by atoms with E-state index in [2.05, 4.69) is 22.9 Å². The lowest BCUT2D eigenvalue weighted by molar-refractivity contribution is 0.545. The van der Waals surface area contributed by atoms with E-state index in [1.165, 1.54) is 76.0 Å². The Kier molecular flexibility index (Phi) is 15.2. The molecule has 0 aliphatic heterocycles. The Hall–Kier alpha value is 0.170. The molecule has 0 N–H and O–H groups in total. The van der Waals surface area contributed by atoms with Crippen LogP contribution in [0.1, 0.15) is 90.4 Å². The molecule has 0 aromatic rings. The standard InChI is InChI=1S/C17H33BrO2S/c1-2-3-4-5-6-7-8-9-10-11-12-13-14-15-16-21(19,20)17-18/h15-16H,2-14,17H2,1H3/b16-15+. The average molecular weight is 381 g/mol. The van der Waals surface area contributed by atoms with Gasteiger partial charge in [0.15, 0.2) is 9.84 Å². The molecule has 0 aliphatic rings. The first-order chi connectivity index (χ1) is 10.1. The molecule has 0 amide bonds. The maximum absolute atomic E-state index is 11.2. The van der Waals surface area contributed by atoms with Crippen LogP contribution in [0.5, 0.6) is 0 Å². The molecule has 0 aromatic carbocycles. The summed E-state index contributed by atoms with van der Waals surface area (Å²) in [7, 11) is -3.00. The molecule has 0 spiro atoms. The fraction of sp³-hybridized carbons (Fsp3) is 0.882. The summed E-state index contributed by atoms with van der Waals surface area (Å²) in [5.74, 6) is 0. The first-order valence-electron chi connectivity index (χ1n) is 8.57. The Morgan fingerprint density at radius 3 is 1.62 bits per heavy atom. The van der Waals surface area contributed by atoms with Crippen molar-refractivity contribution in [2.75, 3.05) is 4.66 Å². The molecule has 0 saturated heterocycles. The molecular formula is C17H33BrO2S. The smallest absolute Gasteiger partial charge is 0.181 e. The van der Waals surface area contributed by atoms with Gasteiger partial charge in [0.05, 0.1) is 0 Å². The van der Waals surface area contributed by atoms with Gasteiger partial charge in [0.25, 0.3) is 0 Å². The van der Waals surface area contributed by atoms with Gasteiger partial charge >= 0.3 is 0 Å². The molecule has 0 atom stereocenters. The van der Waals surface area contributed by atoms with Crippen molar-refractivity contribution in [3.8, 4) is 0 Å². The zero-order chi connectivity index (χ0) is 15.8. The van der Waals surface area contributed by atoms with Crippen LogP contribution in [0.3, 0.4) is 0 Å². The zero-order valence-electron chi connectivity index (χ0n) is 13.7. The zero-order valence-corrected chi connectivity index (χ0v) is 16.1. The molecule has 126 valence electrons. The lowest BCUT2D eigenvalue weighted by Crippen LogP contribution is -1.94. The second-order valence-electron chi connectivity index (χ2n) is 5.82. The number of hydrogen-bond donors (Lipinski definition) is 0. The van der Waals surface area contributed by atoms with E-state index in [1.807, 2.05) is 0 Å². The van der Waals surface area contributed by atoms with Gasteiger partial charge in [-0.1, -0.05) is 99.6 Å². The number of rotatable bonds is 15. The normalized spacial score (nSPS) is 12.3. The minimum atomic E-state index is -3.00. The van der Waals surface area contributed by atoms with E-state index < -0.39 is 9.84 Å². The minimum Gasteiger partial charge on any atom is -0.223 e.